The number of fused-ring (bicyclic) bond motifs is 1. The zero-order valence-corrected chi connectivity index (χ0v) is 13.7. The summed E-state index contributed by atoms with van der Waals surface area (Å²) in [7, 11) is 0. The summed E-state index contributed by atoms with van der Waals surface area (Å²) < 4.78 is 0. The maximum absolute atomic E-state index is 12.2. The van der Waals surface area contributed by atoms with Crippen LogP contribution in [0.3, 0.4) is 0 Å². The monoisotopic (exact) mass is 322 g/mol. The molecule has 2 aromatic carbocycles. The number of carbonyl (C=O) groups is 2. The molecule has 1 aliphatic rings. The Bertz CT molecular complexity index is 726. The first kappa shape index (κ1) is 16.2. The number of carbonyl (C=O) groups excluding carboxylic acids is 2. The van der Waals surface area contributed by atoms with E-state index >= 15 is 0 Å². The smallest absolute Gasteiger partial charge is 0.251 e. The van der Waals surface area contributed by atoms with Gasteiger partial charge in [-0.25, -0.2) is 0 Å². The summed E-state index contributed by atoms with van der Waals surface area (Å²) in [6.45, 7) is 0.328. The molecule has 0 fully saturated rings. The van der Waals surface area contributed by atoms with Gasteiger partial charge in [-0.05, 0) is 55.0 Å². The summed E-state index contributed by atoms with van der Waals surface area (Å²) in [4.78, 5) is 24.1. The highest BCUT2D eigenvalue weighted by atomic mass is 16.2. The van der Waals surface area contributed by atoms with Gasteiger partial charge in [0.15, 0.2) is 0 Å². The summed E-state index contributed by atoms with van der Waals surface area (Å²) in [5.74, 6) is -0.220. The fourth-order valence-electron chi connectivity index (χ4n) is 3.09. The van der Waals surface area contributed by atoms with Crippen LogP contribution in [-0.2, 0) is 17.6 Å². The Morgan fingerprint density at radius 1 is 0.917 bits per heavy atom. The van der Waals surface area contributed by atoms with Crippen LogP contribution in [0.15, 0.2) is 48.5 Å². The maximum Gasteiger partial charge on any atom is 0.251 e. The second-order valence-electron chi connectivity index (χ2n) is 6.07. The molecule has 3 rings (SSSR count). The lowest BCUT2D eigenvalue weighted by molar-refractivity contribution is -0.116. The molecule has 0 saturated heterocycles. The van der Waals surface area contributed by atoms with Crippen LogP contribution in [0.2, 0.25) is 0 Å². The Morgan fingerprint density at radius 2 is 1.71 bits per heavy atom. The van der Waals surface area contributed by atoms with Crippen LogP contribution in [0.25, 0.3) is 0 Å². The maximum atomic E-state index is 12.2. The first-order valence-electron chi connectivity index (χ1n) is 8.48. The van der Waals surface area contributed by atoms with Gasteiger partial charge in [-0.2, -0.15) is 0 Å². The van der Waals surface area contributed by atoms with Gasteiger partial charge >= 0.3 is 0 Å². The van der Waals surface area contributed by atoms with Gasteiger partial charge in [0.05, 0.1) is 0 Å². The molecule has 0 unspecified atom stereocenters. The zero-order chi connectivity index (χ0) is 16.8. The van der Waals surface area contributed by atoms with Gasteiger partial charge in [0.2, 0.25) is 5.91 Å². The van der Waals surface area contributed by atoms with E-state index in [9.17, 15) is 9.59 Å². The third kappa shape index (κ3) is 4.02. The normalized spacial score (nSPS) is 13.0. The van der Waals surface area contributed by atoms with Crippen LogP contribution in [-0.4, -0.2) is 18.4 Å². The average Bonchev–Trinajstić information content (AvgIpc) is 2.63. The van der Waals surface area contributed by atoms with Gasteiger partial charge in [-0.15, -0.1) is 0 Å². The summed E-state index contributed by atoms with van der Waals surface area (Å²) in [6, 6.07) is 15.1. The molecule has 2 aromatic rings. The number of rotatable bonds is 5. The molecule has 124 valence electrons. The van der Waals surface area contributed by atoms with Crippen molar-refractivity contribution in [2.75, 3.05) is 11.9 Å². The standard InChI is InChI=1S/C20H22N2O2/c23-19(13-14-21-20(24)16-8-2-1-3-9-16)22-18-12-6-10-15-7-4-5-11-17(15)18/h1-3,6,8-10,12H,4-5,7,11,13-14H2,(H,21,24)(H,22,23). The second-order valence-corrected chi connectivity index (χ2v) is 6.07. The molecule has 0 bridgehead atoms. The van der Waals surface area contributed by atoms with E-state index in [0.717, 1.165) is 18.5 Å². The SMILES string of the molecule is O=C(CCNC(=O)c1ccccc1)Nc1cccc2c1CCCC2. The van der Waals surface area contributed by atoms with E-state index in [1.165, 1.54) is 24.0 Å². The molecule has 1 aliphatic carbocycles. The van der Waals surface area contributed by atoms with Crippen molar-refractivity contribution in [3.63, 3.8) is 0 Å². The van der Waals surface area contributed by atoms with Crippen molar-refractivity contribution < 1.29 is 9.59 Å². The van der Waals surface area contributed by atoms with E-state index in [4.69, 9.17) is 0 Å². The number of anilines is 1. The van der Waals surface area contributed by atoms with Crippen molar-refractivity contribution in [2.45, 2.75) is 32.1 Å². The fourth-order valence-corrected chi connectivity index (χ4v) is 3.09. The predicted molar refractivity (Wildman–Crippen MR) is 95.1 cm³/mol. The number of benzene rings is 2. The van der Waals surface area contributed by atoms with Crippen molar-refractivity contribution in [3.8, 4) is 0 Å². The average molecular weight is 322 g/mol. The highest BCUT2D eigenvalue weighted by Gasteiger charge is 2.14. The number of amides is 2. The first-order valence-corrected chi connectivity index (χ1v) is 8.48. The zero-order valence-electron chi connectivity index (χ0n) is 13.7. The van der Waals surface area contributed by atoms with Crippen molar-refractivity contribution in [1.29, 1.82) is 0 Å². The van der Waals surface area contributed by atoms with E-state index in [0.29, 0.717) is 12.1 Å². The number of aryl methyl sites for hydroxylation is 1. The van der Waals surface area contributed by atoms with Gasteiger partial charge in [-0.1, -0.05) is 30.3 Å². The van der Waals surface area contributed by atoms with Gasteiger partial charge < -0.3 is 10.6 Å². The topological polar surface area (TPSA) is 58.2 Å². The van der Waals surface area contributed by atoms with Crippen LogP contribution in [0.4, 0.5) is 5.69 Å². The van der Waals surface area contributed by atoms with E-state index in [2.05, 4.69) is 16.7 Å². The van der Waals surface area contributed by atoms with Gasteiger partial charge in [0.1, 0.15) is 0 Å². The fraction of sp³-hybridized carbons (Fsp3) is 0.300. The van der Waals surface area contributed by atoms with Crippen molar-refractivity contribution in [1.82, 2.24) is 5.32 Å². The Morgan fingerprint density at radius 3 is 2.54 bits per heavy atom. The molecule has 4 nitrogen and oxygen atoms in total. The number of nitrogens with one attached hydrogen (secondary N) is 2. The summed E-state index contributed by atoms with van der Waals surface area (Å²) in [5.41, 5.74) is 4.14. The van der Waals surface area contributed by atoms with E-state index in [-0.39, 0.29) is 18.2 Å². The molecule has 2 amide bonds. The van der Waals surface area contributed by atoms with E-state index in [1.807, 2.05) is 30.3 Å². The highest BCUT2D eigenvalue weighted by molar-refractivity contribution is 5.95. The van der Waals surface area contributed by atoms with Gasteiger partial charge in [0.25, 0.3) is 5.91 Å². The van der Waals surface area contributed by atoms with Crippen LogP contribution in [0.1, 0.15) is 40.7 Å². The van der Waals surface area contributed by atoms with Crippen molar-refractivity contribution in [3.05, 3.63) is 65.2 Å². The van der Waals surface area contributed by atoms with Crippen LogP contribution >= 0.6 is 0 Å². The highest BCUT2D eigenvalue weighted by Crippen LogP contribution is 2.27. The van der Waals surface area contributed by atoms with Gasteiger partial charge in [0, 0.05) is 24.2 Å². The summed E-state index contributed by atoms with van der Waals surface area (Å²) in [5, 5.41) is 5.77. The third-order valence-corrected chi connectivity index (χ3v) is 4.34. The lowest BCUT2D eigenvalue weighted by Crippen LogP contribution is -2.27. The number of hydrogen-bond donors (Lipinski definition) is 2. The number of hydrogen-bond acceptors (Lipinski definition) is 2. The predicted octanol–water partition coefficient (Wildman–Crippen LogP) is 3.32. The van der Waals surface area contributed by atoms with E-state index in [1.54, 1.807) is 12.1 Å². The molecule has 0 heterocycles. The van der Waals surface area contributed by atoms with E-state index < -0.39 is 0 Å². The molecule has 0 aromatic heterocycles. The largest absolute Gasteiger partial charge is 0.352 e. The lowest BCUT2D eigenvalue weighted by atomic mass is 9.90. The summed E-state index contributed by atoms with van der Waals surface area (Å²) >= 11 is 0. The summed E-state index contributed by atoms with van der Waals surface area (Å²) in [6.07, 6.45) is 4.77. The molecule has 0 atom stereocenters. The molecule has 0 saturated carbocycles. The Labute approximate surface area is 142 Å². The van der Waals surface area contributed by atoms with Crippen molar-refractivity contribution >= 4 is 17.5 Å². The molecule has 0 spiro atoms. The van der Waals surface area contributed by atoms with Crippen LogP contribution < -0.4 is 10.6 Å². The first-order chi connectivity index (χ1) is 11.7. The van der Waals surface area contributed by atoms with Gasteiger partial charge in [-0.3, -0.25) is 9.59 Å². The molecule has 0 aliphatic heterocycles. The minimum absolute atomic E-state index is 0.0673. The minimum Gasteiger partial charge on any atom is -0.352 e. The van der Waals surface area contributed by atoms with Crippen LogP contribution in [0, 0.1) is 0 Å². The quantitative estimate of drug-likeness (QED) is 0.887. The Kier molecular flexibility index (Phi) is 5.26. The molecular formula is C20H22N2O2. The molecule has 4 heteroatoms. The molecule has 24 heavy (non-hydrogen) atoms. The third-order valence-electron chi connectivity index (χ3n) is 4.34. The Balaban J connectivity index is 1.51. The molecular weight excluding hydrogens is 300 g/mol. The Hall–Kier alpha value is -2.62. The van der Waals surface area contributed by atoms with Crippen molar-refractivity contribution in [2.24, 2.45) is 0 Å². The minimum atomic E-state index is -0.152. The lowest BCUT2D eigenvalue weighted by Gasteiger charge is -2.19. The molecule has 2 N–H and O–H groups in total. The second kappa shape index (κ2) is 7.77. The van der Waals surface area contributed by atoms with Crippen LogP contribution in [0.5, 0.6) is 0 Å². The molecule has 0 radical (unpaired) electrons.